The lowest BCUT2D eigenvalue weighted by atomic mass is 10.00. The molecule has 0 saturated heterocycles. The fourth-order valence-corrected chi connectivity index (χ4v) is 3.65. The molecule has 1 aromatic carbocycles. The highest BCUT2D eigenvalue weighted by Crippen LogP contribution is 2.37. The van der Waals surface area contributed by atoms with Gasteiger partial charge in [-0.05, 0) is 64.8 Å². The Bertz CT molecular complexity index is 661. The topological polar surface area (TPSA) is 48.0 Å². The summed E-state index contributed by atoms with van der Waals surface area (Å²) in [6.07, 6.45) is 2.77. The van der Waals surface area contributed by atoms with E-state index in [0.717, 1.165) is 31.5 Å². The summed E-state index contributed by atoms with van der Waals surface area (Å²) in [5, 5.41) is 0.618. The molecule has 1 heterocycles. The van der Waals surface area contributed by atoms with Crippen molar-refractivity contribution in [3.05, 3.63) is 22.7 Å². The summed E-state index contributed by atoms with van der Waals surface area (Å²) in [6, 6.07) is 3.67. The van der Waals surface area contributed by atoms with Gasteiger partial charge < -0.3 is 14.2 Å². The minimum absolute atomic E-state index is 0.0316. The van der Waals surface area contributed by atoms with Gasteiger partial charge in [0.2, 0.25) is 6.79 Å². The molecule has 0 aromatic heterocycles. The molecule has 0 amide bonds. The lowest BCUT2D eigenvalue weighted by Crippen LogP contribution is -2.41. The van der Waals surface area contributed by atoms with Crippen LogP contribution in [0.1, 0.15) is 52.5 Å². The van der Waals surface area contributed by atoms with E-state index in [4.69, 9.17) is 37.4 Å². The number of alkyl halides is 1. The van der Waals surface area contributed by atoms with E-state index in [1.54, 1.807) is 6.07 Å². The minimum Gasteiger partial charge on any atom is -0.460 e. The number of nitrogens with zero attached hydrogens (tertiary/aromatic N) is 1. The number of esters is 1. The summed E-state index contributed by atoms with van der Waals surface area (Å²) in [4.78, 5) is 14.9. The van der Waals surface area contributed by atoms with Crippen LogP contribution in [0.3, 0.4) is 0 Å². The summed E-state index contributed by atoms with van der Waals surface area (Å²) in [5.41, 5.74) is 0.426. The first-order valence-corrected chi connectivity index (χ1v) is 10.7. The first-order valence-electron chi connectivity index (χ1n) is 9.83. The molecule has 0 aliphatic carbocycles. The molecule has 1 aliphatic heterocycles. The second-order valence-electron chi connectivity index (χ2n) is 8.02. The quantitative estimate of drug-likeness (QED) is 0.382. The van der Waals surface area contributed by atoms with Gasteiger partial charge in [0.25, 0.3) is 0 Å². The molecular weight excluding hydrogens is 401 g/mol. The SMILES string of the molecule is CCCN(CCCCl)C(CC(=O)OC(C)(C)C)Cc1cc2c(cc1Cl)OCO2. The molecule has 1 aromatic rings. The number of rotatable bonds is 10. The Morgan fingerprint density at radius 2 is 1.93 bits per heavy atom. The van der Waals surface area contributed by atoms with Gasteiger partial charge in [0.05, 0.1) is 6.42 Å². The number of carbonyl (C=O) groups is 1. The molecule has 2 rings (SSSR count). The average molecular weight is 432 g/mol. The van der Waals surface area contributed by atoms with Crippen LogP contribution in [0.15, 0.2) is 12.1 Å². The number of benzene rings is 1. The van der Waals surface area contributed by atoms with Crippen LogP contribution in [0.4, 0.5) is 0 Å². The first kappa shape index (κ1) is 23.1. The van der Waals surface area contributed by atoms with E-state index in [1.807, 2.05) is 26.8 Å². The summed E-state index contributed by atoms with van der Waals surface area (Å²) in [6.45, 7) is 9.68. The number of fused-ring (bicyclic) bond motifs is 1. The molecule has 158 valence electrons. The molecular formula is C21H31Cl2NO4. The largest absolute Gasteiger partial charge is 0.460 e. The van der Waals surface area contributed by atoms with Gasteiger partial charge in [0, 0.05) is 23.0 Å². The third kappa shape index (κ3) is 7.02. The zero-order chi connectivity index (χ0) is 20.7. The predicted molar refractivity (Wildman–Crippen MR) is 113 cm³/mol. The van der Waals surface area contributed by atoms with Crippen molar-refractivity contribution in [2.24, 2.45) is 0 Å². The van der Waals surface area contributed by atoms with Crippen LogP contribution in [0.2, 0.25) is 5.02 Å². The maximum absolute atomic E-state index is 12.6. The highest BCUT2D eigenvalue weighted by atomic mass is 35.5. The lowest BCUT2D eigenvalue weighted by Gasteiger charge is -2.32. The molecule has 28 heavy (non-hydrogen) atoms. The molecule has 1 aliphatic rings. The summed E-state index contributed by atoms with van der Waals surface area (Å²) in [5.74, 6) is 1.73. The van der Waals surface area contributed by atoms with E-state index < -0.39 is 5.60 Å². The van der Waals surface area contributed by atoms with Crippen molar-refractivity contribution >= 4 is 29.2 Å². The average Bonchev–Trinajstić information content (AvgIpc) is 3.03. The van der Waals surface area contributed by atoms with E-state index >= 15 is 0 Å². The summed E-state index contributed by atoms with van der Waals surface area (Å²) >= 11 is 12.4. The van der Waals surface area contributed by atoms with E-state index in [-0.39, 0.29) is 18.8 Å². The van der Waals surface area contributed by atoms with Crippen molar-refractivity contribution in [3.8, 4) is 11.5 Å². The maximum atomic E-state index is 12.6. The van der Waals surface area contributed by atoms with Crippen molar-refractivity contribution in [2.75, 3.05) is 25.8 Å². The molecule has 0 N–H and O–H groups in total. The molecule has 0 saturated carbocycles. The molecule has 0 fully saturated rings. The van der Waals surface area contributed by atoms with Crippen molar-refractivity contribution in [1.29, 1.82) is 0 Å². The van der Waals surface area contributed by atoms with Gasteiger partial charge in [0.1, 0.15) is 5.60 Å². The number of carbonyl (C=O) groups excluding carboxylic acids is 1. The van der Waals surface area contributed by atoms with Gasteiger partial charge in [-0.3, -0.25) is 9.69 Å². The molecule has 5 nitrogen and oxygen atoms in total. The summed E-state index contributed by atoms with van der Waals surface area (Å²) < 4.78 is 16.5. The van der Waals surface area contributed by atoms with Gasteiger partial charge in [-0.15, -0.1) is 11.6 Å². The monoisotopic (exact) mass is 431 g/mol. The highest BCUT2D eigenvalue weighted by Gasteiger charge is 2.27. The van der Waals surface area contributed by atoms with Gasteiger partial charge in [0.15, 0.2) is 11.5 Å². The van der Waals surface area contributed by atoms with Crippen LogP contribution in [0, 0.1) is 0 Å². The van der Waals surface area contributed by atoms with Gasteiger partial charge >= 0.3 is 5.97 Å². The van der Waals surface area contributed by atoms with Crippen LogP contribution in [-0.2, 0) is 16.0 Å². The molecule has 7 heteroatoms. The maximum Gasteiger partial charge on any atom is 0.307 e. The van der Waals surface area contributed by atoms with Gasteiger partial charge in [-0.2, -0.15) is 0 Å². The van der Waals surface area contributed by atoms with Gasteiger partial charge in [-0.1, -0.05) is 18.5 Å². The van der Waals surface area contributed by atoms with Crippen LogP contribution < -0.4 is 9.47 Å². The van der Waals surface area contributed by atoms with Crippen LogP contribution in [-0.4, -0.2) is 48.3 Å². The van der Waals surface area contributed by atoms with E-state index in [2.05, 4.69) is 11.8 Å². The Kier molecular flexibility index (Phi) is 8.72. The fraction of sp³-hybridized carbons (Fsp3) is 0.667. The second kappa shape index (κ2) is 10.6. The first-order chi connectivity index (χ1) is 13.2. The zero-order valence-corrected chi connectivity index (χ0v) is 18.7. The van der Waals surface area contributed by atoms with Crippen LogP contribution in [0.25, 0.3) is 0 Å². The molecule has 0 bridgehead atoms. The Morgan fingerprint density at radius 1 is 1.25 bits per heavy atom. The van der Waals surface area contributed by atoms with Crippen molar-refractivity contribution < 1.29 is 19.0 Å². The third-order valence-corrected chi connectivity index (χ3v) is 5.04. The normalized spacial score (nSPS) is 14.4. The summed E-state index contributed by atoms with van der Waals surface area (Å²) in [7, 11) is 0. The Hall–Kier alpha value is -1.17. The van der Waals surface area contributed by atoms with Crippen molar-refractivity contribution in [2.45, 2.75) is 65.0 Å². The van der Waals surface area contributed by atoms with Crippen molar-refractivity contribution in [3.63, 3.8) is 0 Å². The van der Waals surface area contributed by atoms with Crippen LogP contribution >= 0.6 is 23.2 Å². The third-order valence-electron chi connectivity index (χ3n) is 4.43. The molecule has 0 radical (unpaired) electrons. The smallest absolute Gasteiger partial charge is 0.307 e. The number of hydrogen-bond donors (Lipinski definition) is 0. The molecule has 1 atom stereocenters. The van der Waals surface area contributed by atoms with E-state index in [9.17, 15) is 4.79 Å². The highest BCUT2D eigenvalue weighted by molar-refractivity contribution is 6.31. The van der Waals surface area contributed by atoms with Crippen molar-refractivity contribution in [1.82, 2.24) is 4.90 Å². The second-order valence-corrected chi connectivity index (χ2v) is 8.81. The van der Waals surface area contributed by atoms with E-state index in [1.165, 1.54) is 0 Å². The number of hydrogen-bond acceptors (Lipinski definition) is 5. The number of halogens is 2. The van der Waals surface area contributed by atoms with Gasteiger partial charge in [-0.25, -0.2) is 0 Å². The lowest BCUT2D eigenvalue weighted by molar-refractivity contribution is -0.156. The minimum atomic E-state index is -0.510. The standard InChI is InChI=1S/C21H31Cl2NO4/c1-5-8-24(9-6-7-22)16(12-20(25)28-21(2,3)4)10-15-11-18-19(13-17(15)23)27-14-26-18/h11,13,16H,5-10,12,14H2,1-4H3. The Balaban J connectivity index is 2.22. The van der Waals surface area contributed by atoms with Crippen LogP contribution in [0.5, 0.6) is 11.5 Å². The predicted octanol–water partition coefficient (Wildman–Crippen LogP) is 5.05. The molecule has 1 unspecified atom stereocenters. The number of ether oxygens (including phenoxy) is 3. The Labute approximate surface area is 178 Å². The zero-order valence-electron chi connectivity index (χ0n) is 17.2. The molecule has 0 spiro atoms. The van der Waals surface area contributed by atoms with E-state index in [0.29, 0.717) is 35.2 Å². The Morgan fingerprint density at radius 3 is 2.54 bits per heavy atom. The fourth-order valence-electron chi connectivity index (χ4n) is 3.30.